The third-order valence-electron chi connectivity index (χ3n) is 3.64. The number of hydrogen-bond donors (Lipinski definition) is 1. The summed E-state index contributed by atoms with van der Waals surface area (Å²) in [6.07, 6.45) is 0. The minimum absolute atomic E-state index is 0.235. The summed E-state index contributed by atoms with van der Waals surface area (Å²) in [4.78, 5) is 0. The highest BCUT2D eigenvalue weighted by atomic mass is 79.9. The van der Waals surface area contributed by atoms with Crippen LogP contribution in [-0.4, -0.2) is 7.05 Å². The van der Waals surface area contributed by atoms with Crippen LogP contribution in [-0.2, 0) is 0 Å². The van der Waals surface area contributed by atoms with Gasteiger partial charge in [0.15, 0.2) is 0 Å². The lowest BCUT2D eigenvalue weighted by atomic mass is 10.0. The first-order chi connectivity index (χ1) is 10.0. The van der Waals surface area contributed by atoms with Crippen LogP contribution in [0.2, 0.25) is 0 Å². The molecule has 0 saturated heterocycles. The Hall–Kier alpha value is -1.32. The van der Waals surface area contributed by atoms with Crippen molar-refractivity contribution in [1.29, 1.82) is 0 Å². The van der Waals surface area contributed by atoms with E-state index >= 15 is 0 Å². The third kappa shape index (κ3) is 3.86. The minimum atomic E-state index is 0.235. The summed E-state index contributed by atoms with van der Waals surface area (Å²) >= 11 is 3.53. The van der Waals surface area contributed by atoms with Crippen LogP contribution in [0.15, 0.2) is 46.9 Å². The summed E-state index contributed by atoms with van der Waals surface area (Å²) < 4.78 is 7.26. The van der Waals surface area contributed by atoms with E-state index < -0.39 is 0 Å². The number of nitrogens with one attached hydrogen (secondary N) is 1. The van der Waals surface area contributed by atoms with Gasteiger partial charge in [-0.2, -0.15) is 0 Å². The van der Waals surface area contributed by atoms with Gasteiger partial charge in [-0.3, -0.25) is 0 Å². The molecule has 2 aromatic carbocycles. The van der Waals surface area contributed by atoms with E-state index in [0.717, 1.165) is 21.5 Å². The molecule has 0 fully saturated rings. The second kappa shape index (κ2) is 7.10. The molecule has 0 amide bonds. The van der Waals surface area contributed by atoms with E-state index in [1.54, 1.807) is 0 Å². The van der Waals surface area contributed by atoms with Gasteiger partial charge in [0, 0.05) is 16.1 Å². The molecule has 1 atom stereocenters. The topological polar surface area (TPSA) is 21.3 Å². The van der Waals surface area contributed by atoms with E-state index in [1.807, 2.05) is 31.3 Å². The maximum absolute atomic E-state index is 6.24. The molecule has 112 valence electrons. The Morgan fingerprint density at radius 2 is 1.67 bits per heavy atom. The average Bonchev–Trinajstić information content (AvgIpc) is 2.47. The molecule has 0 aliphatic heterocycles. The van der Waals surface area contributed by atoms with E-state index in [4.69, 9.17) is 4.74 Å². The zero-order valence-electron chi connectivity index (χ0n) is 13.0. The van der Waals surface area contributed by atoms with Gasteiger partial charge in [0.25, 0.3) is 0 Å². The Labute approximate surface area is 135 Å². The smallest absolute Gasteiger partial charge is 0.133 e. The molecule has 0 aromatic heterocycles. The van der Waals surface area contributed by atoms with Gasteiger partial charge >= 0.3 is 0 Å². The average molecular weight is 348 g/mol. The van der Waals surface area contributed by atoms with Gasteiger partial charge in [0.05, 0.1) is 0 Å². The van der Waals surface area contributed by atoms with Crippen molar-refractivity contribution in [1.82, 2.24) is 5.32 Å². The number of para-hydroxylation sites is 1. The van der Waals surface area contributed by atoms with Crippen molar-refractivity contribution in [3.8, 4) is 11.5 Å². The number of hydrogen-bond acceptors (Lipinski definition) is 2. The third-order valence-corrected chi connectivity index (χ3v) is 4.13. The van der Waals surface area contributed by atoms with Gasteiger partial charge in [-0.1, -0.05) is 54.0 Å². The van der Waals surface area contributed by atoms with Crippen LogP contribution in [0.3, 0.4) is 0 Å². The Balaban J connectivity index is 2.42. The van der Waals surface area contributed by atoms with Crippen molar-refractivity contribution in [2.75, 3.05) is 7.05 Å². The fourth-order valence-electron chi connectivity index (χ4n) is 2.28. The molecule has 0 saturated carbocycles. The molecule has 0 spiro atoms. The van der Waals surface area contributed by atoms with Gasteiger partial charge in [-0.05, 0) is 43.7 Å². The van der Waals surface area contributed by atoms with Crippen molar-refractivity contribution in [3.05, 3.63) is 58.1 Å². The van der Waals surface area contributed by atoms with Gasteiger partial charge in [0.2, 0.25) is 0 Å². The molecule has 0 bridgehead atoms. The molecule has 1 N–H and O–H groups in total. The minimum Gasteiger partial charge on any atom is -0.457 e. The maximum atomic E-state index is 6.24. The first-order valence-corrected chi connectivity index (χ1v) is 8.05. The second-order valence-electron chi connectivity index (χ2n) is 5.49. The van der Waals surface area contributed by atoms with Crippen molar-refractivity contribution < 1.29 is 4.74 Å². The predicted octanol–water partition coefficient (Wildman–Crippen LogP) is 5.65. The molecule has 2 rings (SSSR count). The van der Waals surface area contributed by atoms with Crippen molar-refractivity contribution in [2.24, 2.45) is 0 Å². The van der Waals surface area contributed by atoms with Crippen LogP contribution in [0.1, 0.15) is 43.9 Å². The summed E-state index contributed by atoms with van der Waals surface area (Å²) in [5.41, 5.74) is 2.37. The summed E-state index contributed by atoms with van der Waals surface area (Å²) in [7, 11) is 1.96. The Morgan fingerprint density at radius 3 is 2.33 bits per heavy atom. The molecule has 0 heterocycles. The van der Waals surface area contributed by atoms with Gasteiger partial charge in [0.1, 0.15) is 11.5 Å². The highest BCUT2D eigenvalue weighted by molar-refractivity contribution is 9.10. The molecule has 2 aromatic rings. The lowest BCUT2D eigenvalue weighted by Gasteiger charge is -2.19. The first-order valence-electron chi connectivity index (χ1n) is 7.26. The molecule has 1 unspecified atom stereocenters. The highest BCUT2D eigenvalue weighted by Crippen LogP contribution is 2.35. The zero-order valence-corrected chi connectivity index (χ0v) is 14.6. The standard InChI is InChI=1S/C18H22BrNO/c1-12(2)15-7-5-6-8-17(15)21-18-11-14(19)9-10-16(18)13(3)20-4/h5-13,20H,1-4H3. The van der Waals surface area contributed by atoms with Crippen LogP contribution in [0.4, 0.5) is 0 Å². The number of rotatable bonds is 5. The molecule has 0 aliphatic rings. The van der Waals surface area contributed by atoms with E-state index in [1.165, 1.54) is 5.56 Å². The fourth-order valence-corrected chi connectivity index (χ4v) is 2.62. The lowest BCUT2D eigenvalue weighted by molar-refractivity contribution is 0.458. The van der Waals surface area contributed by atoms with Gasteiger partial charge in [-0.15, -0.1) is 0 Å². The Morgan fingerprint density at radius 1 is 0.952 bits per heavy atom. The van der Waals surface area contributed by atoms with Crippen LogP contribution >= 0.6 is 15.9 Å². The quantitative estimate of drug-likeness (QED) is 0.754. The number of ether oxygens (including phenoxy) is 1. The van der Waals surface area contributed by atoms with Crippen LogP contribution in [0, 0.1) is 0 Å². The van der Waals surface area contributed by atoms with E-state index in [2.05, 4.69) is 60.2 Å². The molecular weight excluding hydrogens is 326 g/mol. The number of benzene rings is 2. The summed E-state index contributed by atoms with van der Waals surface area (Å²) in [6, 6.07) is 14.6. The van der Waals surface area contributed by atoms with Crippen molar-refractivity contribution >= 4 is 15.9 Å². The highest BCUT2D eigenvalue weighted by Gasteiger charge is 2.14. The van der Waals surface area contributed by atoms with Gasteiger partial charge in [-0.25, -0.2) is 0 Å². The Bertz CT molecular complexity index is 610. The van der Waals surface area contributed by atoms with E-state index in [9.17, 15) is 0 Å². The van der Waals surface area contributed by atoms with E-state index in [0.29, 0.717) is 5.92 Å². The summed E-state index contributed by atoms with van der Waals surface area (Å²) in [5.74, 6) is 2.24. The van der Waals surface area contributed by atoms with E-state index in [-0.39, 0.29) is 6.04 Å². The molecule has 21 heavy (non-hydrogen) atoms. The summed E-state index contributed by atoms with van der Waals surface area (Å²) in [5, 5.41) is 3.27. The first kappa shape index (κ1) is 16.1. The van der Waals surface area contributed by atoms with Crippen LogP contribution in [0.5, 0.6) is 11.5 Å². The fraction of sp³-hybridized carbons (Fsp3) is 0.333. The molecular formula is C18H22BrNO. The Kier molecular flexibility index (Phi) is 5.43. The maximum Gasteiger partial charge on any atom is 0.133 e. The molecule has 0 radical (unpaired) electrons. The van der Waals surface area contributed by atoms with Gasteiger partial charge < -0.3 is 10.1 Å². The predicted molar refractivity (Wildman–Crippen MR) is 92.2 cm³/mol. The lowest BCUT2D eigenvalue weighted by Crippen LogP contribution is -2.13. The van der Waals surface area contributed by atoms with Crippen LogP contribution in [0.25, 0.3) is 0 Å². The van der Waals surface area contributed by atoms with Crippen molar-refractivity contribution in [2.45, 2.75) is 32.7 Å². The summed E-state index contributed by atoms with van der Waals surface area (Å²) in [6.45, 7) is 6.49. The largest absolute Gasteiger partial charge is 0.457 e. The number of halogens is 1. The van der Waals surface area contributed by atoms with Crippen molar-refractivity contribution in [3.63, 3.8) is 0 Å². The SMILES string of the molecule is CNC(C)c1ccc(Br)cc1Oc1ccccc1C(C)C. The normalized spacial score (nSPS) is 12.5. The second-order valence-corrected chi connectivity index (χ2v) is 6.40. The van der Waals surface area contributed by atoms with Crippen LogP contribution < -0.4 is 10.1 Å². The monoisotopic (exact) mass is 347 g/mol. The molecule has 0 aliphatic carbocycles. The zero-order chi connectivity index (χ0) is 15.4. The molecule has 3 heteroatoms. The molecule has 2 nitrogen and oxygen atoms in total.